The summed E-state index contributed by atoms with van der Waals surface area (Å²) in [7, 11) is 13.2. The van der Waals surface area contributed by atoms with Gasteiger partial charge < -0.3 is 42.9 Å². The lowest BCUT2D eigenvalue weighted by Gasteiger charge is -2.27. The lowest BCUT2D eigenvalue weighted by molar-refractivity contribution is -0.869. The molecule has 0 fully saturated rings. The van der Waals surface area contributed by atoms with Crippen molar-refractivity contribution in [2.45, 2.75) is 4.83 Å². The molecule has 2 nitrogen and oxygen atoms in total. The van der Waals surface area contributed by atoms with E-state index in [-0.39, 0.29) is 34.0 Å². The number of halogens is 4. The third-order valence-corrected chi connectivity index (χ3v) is 4.11. The van der Waals surface area contributed by atoms with Crippen LogP contribution in [-0.2, 0) is 0 Å². The normalized spacial score (nSPS) is 14.7. The van der Waals surface area contributed by atoms with Crippen molar-refractivity contribution >= 4 is 31.9 Å². The van der Waals surface area contributed by atoms with Crippen molar-refractivity contribution in [3.05, 3.63) is 10.6 Å². The average Bonchev–Trinajstić information content (AvgIpc) is 1.95. The van der Waals surface area contributed by atoms with Crippen molar-refractivity contribution in [1.82, 2.24) is 0 Å². The van der Waals surface area contributed by atoms with Crippen molar-refractivity contribution in [3.63, 3.8) is 0 Å². The maximum Gasteiger partial charge on any atom is 0.0978 e. The molecule has 0 aromatic heterocycles. The maximum atomic E-state index is 3.71. The molecule has 0 saturated heterocycles. The van der Waals surface area contributed by atoms with Gasteiger partial charge in [-0.25, -0.2) is 0 Å². The van der Waals surface area contributed by atoms with E-state index in [2.05, 4.69) is 80.2 Å². The molecule has 0 bridgehead atoms. The second-order valence-corrected chi connectivity index (χ2v) is 8.02. The van der Waals surface area contributed by atoms with Gasteiger partial charge in [0.25, 0.3) is 0 Å². The molecular formula is C11H24Br4N2. The standard InChI is InChI=1S/C11H24Br2N2.2BrH/c1-14(2,3)8-7-10(12)11(13)9-15(4,5)6;;/h7,11H,8-9H2,1-6H3;2*1H/q+2;;/p-2. The molecule has 106 valence electrons. The van der Waals surface area contributed by atoms with E-state index >= 15 is 0 Å². The topological polar surface area (TPSA) is 0 Å². The zero-order valence-corrected chi connectivity index (χ0v) is 17.8. The van der Waals surface area contributed by atoms with Crippen molar-refractivity contribution in [2.24, 2.45) is 0 Å². The SMILES string of the molecule is C[N+](C)(C)CC=C(Br)C(Br)C[N+](C)(C)C.[Br-].[Br-]. The molecule has 1 unspecified atom stereocenters. The van der Waals surface area contributed by atoms with E-state index < -0.39 is 0 Å². The number of quaternary nitrogens is 2. The van der Waals surface area contributed by atoms with Crippen molar-refractivity contribution in [3.8, 4) is 0 Å². The number of hydrogen-bond acceptors (Lipinski definition) is 0. The van der Waals surface area contributed by atoms with Gasteiger partial charge in [0.2, 0.25) is 0 Å². The molecule has 0 N–H and O–H groups in total. The van der Waals surface area contributed by atoms with Crippen LogP contribution >= 0.6 is 31.9 Å². The maximum absolute atomic E-state index is 3.71. The van der Waals surface area contributed by atoms with Crippen LogP contribution in [0.5, 0.6) is 0 Å². The fraction of sp³-hybridized carbons (Fsp3) is 0.818. The molecule has 17 heavy (non-hydrogen) atoms. The van der Waals surface area contributed by atoms with Crippen LogP contribution in [0.3, 0.4) is 0 Å². The van der Waals surface area contributed by atoms with Crippen LogP contribution in [0, 0.1) is 0 Å². The fourth-order valence-electron chi connectivity index (χ4n) is 1.06. The molecule has 0 amide bonds. The van der Waals surface area contributed by atoms with Crippen LogP contribution in [0.25, 0.3) is 0 Å². The van der Waals surface area contributed by atoms with Gasteiger partial charge in [0.05, 0.1) is 60.2 Å². The number of nitrogens with zero attached hydrogens (tertiary/aromatic N) is 2. The Balaban J connectivity index is -0.000000980. The van der Waals surface area contributed by atoms with Crippen molar-refractivity contribution < 1.29 is 42.9 Å². The van der Waals surface area contributed by atoms with Gasteiger partial charge >= 0.3 is 0 Å². The van der Waals surface area contributed by atoms with Gasteiger partial charge in [-0.15, -0.1) is 0 Å². The summed E-state index contributed by atoms with van der Waals surface area (Å²) in [6.45, 7) is 2.12. The van der Waals surface area contributed by atoms with Crippen LogP contribution in [0.15, 0.2) is 10.6 Å². The smallest absolute Gasteiger partial charge is 0.0978 e. The molecule has 0 aliphatic heterocycles. The molecule has 0 saturated carbocycles. The Bertz CT molecular complexity index is 229. The van der Waals surface area contributed by atoms with Crippen molar-refractivity contribution in [2.75, 3.05) is 55.4 Å². The van der Waals surface area contributed by atoms with E-state index in [1.54, 1.807) is 0 Å². The minimum atomic E-state index is 0. The summed E-state index contributed by atoms with van der Waals surface area (Å²) in [5.41, 5.74) is 0. The van der Waals surface area contributed by atoms with Gasteiger partial charge in [0.15, 0.2) is 0 Å². The van der Waals surface area contributed by atoms with Gasteiger partial charge in [0, 0.05) is 4.48 Å². The first-order valence-electron chi connectivity index (χ1n) is 5.12. The van der Waals surface area contributed by atoms with Crippen LogP contribution in [0.2, 0.25) is 0 Å². The summed E-state index contributed by atoms with van der Waals surface area (Å²) >= 11 is 7.35. The van der Waals surface area contributed by atoms with Crippen molar-refractivity contribution in [1.29, 1.82) is 0 Å². The molecule has 0 aromatic carbocycles. The summed E-state index contributed by atoms with van der Waals surface area (Å²) in [6.07, 6.45) is 2.26. The quantitative estimate of drug-likeness (QED) is 0.269. The van der Waals surface area contributed by atoms with E-state index in [0.29, 0.717) is 4.83 Å². The third-order valence-electron chi connectivity index (χ3n) is 1.84. The van der Waals surface area contributed by atoms with Crippen LogP contribution in [0.1, 0.15) is 0 Å². The number of rotatable bonds is 5. The molecule has 0 spiro atoms. The molecule has 0 aliphatic carbocycles. The summed E-state index contributed by atoms with van der Waals surface area (Å²) in [5.74, 6) is 0. The van der Waals surface area contributed by atoms with Gasteiger partial charge in [-0.1, -0.05) is 31.9 Å². The summed E-state index contributed by atoms with van der Waals surface area (Å²) < 4.78 is 3.17. The highest BCUT2D eigenvalue weighted by Gasteiger charge is 2.18. The highest BCUT2D eigenvalue weighted by Crippen LogP contribution is 2.21. The number of likely N-dealkylation sites (N-methyl/N-ethyl adjacent to an activating group) is 1. The largest absolute Gasteiger partial charge is 1.00 e. The predicted octanol–water partition coefficient (Wildman–Crippen LogP) is -3.55. The first kappa shape index (κ1) is 23.7. The molecule has 0 radical (unpaired) electrons. The average molecular weight is 504 g/mol. The number of hydrogen-bond donors (Lipinski definition) is 0. The Hall–Kier alpha value is 1.58. The minimum absolute atomic E-state index is 0. The summed E-state index contributed by atoms with van der Waals surface area (Å²) in [5, 5.41) is 0. The molecule has 0 rings (SSSR count). The molecule has 0 aliphatic rings. The first-order valence-corrected chi connectivity index (χ1v) is 6.83. The van der Waals surface area contributed by atoms with Gasteiger partial charge in [-0.3, -0.25) is 0 Å². The first-order chi connectivity index (χ1) is 6.51. The Morgan fingerprint density at radius 2 is 1.41 bits per heavy atom. The van der Waals surface area contributed by atoms with Crippen LogP contribution in [0.4, 0.5) is 0 Å². The summed E-state index contributed by atoms with van der Waals surface area (Å²) in [4.78, 5) is 0.407. The van der Waals surface area contributed by atoms with Crippen LogP contribution in [-0.4, -0.2) is 69.2 Å². The molecule has 0 aromatic rings. The fourth-order valence-corrected chi connectivity index (χ4v) is 2.40. The highest BCUT2D eigenvalue weighted by molar-refractivity contribution is 9.14. The van der Waals surface area contributed by atoms with Gasteiger partial charge in [-0.05, 0) is 6.08 Å². The molecule has 1 atom stereocenters. The predicted molar refractivity (Wildman–Crippen MR) is 75.5 cm³/mol. The lowest BCUT2D eigenvalue weighted by Crippen LogP contribution is -3.00. The second-order valence-electron chi connectivity index (χ2n) is 6.00. The lowest BCUT2D eigenvalue weighted by atomic mass is 10.3. The van der Waals surface area contributed by atoms with E-state index in [1.807, 2.05) is 0 Å². The highest BCUT2D eigenvalue weighted by atomic mass is 79.9. The molecular weight excluding hydrogens is 480 g/mol. The molecule has 0 heterocycles. The molecule has 6 heteroatoms. The third kappa shape index (κ3) is 15.5. The van der Waals surface area contributed by atoms with E-state index in [9.17, 15) is 0 Å². The Morgan fingerprint density at radius 3 is 1.71 bits per heavy atom. The van der Waals surface area contributed by atoms with E-state index in [0.717, 1.165) is 22.1 Å². The number of alkyl halides is 1. The second kappa shape index (κ2) is 9.48. The monoisotopic (exact) mass is 500 g/mol. The Morgan fingerprint density at radius 1 is 1.00 bits per heavy atom. The van der Waals surface area contributed by atoms with E-state index in [1.165, 1.54) is 4.48 Å². The van der Waals surface area contributed by atoms with Crippen LogP contribution < -0.4 is 34.0 Å². The van der Waals surface area contributed by atoms with Gasteiger partial charge in [-0.2, -0.15) is 0 Å². The van der Waals surface area contributed by atoms with Gasteiger partial charge in [0.1, 0.15) is 0 Å². The Labute approximate surface area is 144 Å². The van der Waals surface area contributed by atoms with E-state index in [4.69, 9.17) is 0 Å². The zero-order valence-electron chi connectivity index (χ0n) is 11.5. The zero-order chi connectivity index (χ0) is 12.3. The Kier molecular flexibility index (Phi) is 13.2. The summed E-state index contributed by atoms with van der Waals surface area (Å²) in [6, 6.07) is 0. The minimum Gasteiger partial charge on any atom is -1.00 e.